The Morgan fingerprint density at radius 1 is 1.20 bits per heavy atom. The van der Waals surface area contributed by atoms with E-state index in [0.717, 1.165) is 25.9 Å². The summed E-state index contributed by atoms with van der Waals surface area (Å²) < 4.78 is 2.22. The number of amides is 3. The lowest BCUT2D eigenvalue weighted by molar-refractivity contribution is -0.122. The molecule has 1 aromatic heterocycles. The topological polar surface area (TPSA) is 66.4 Å². The van der Waals surface area contributed by atoms with Crippen molar-refractivity contribution in [2.45, 2.75) is 58.7 Å². The maximum absolute atomic E-state index is 12.3. The van der Waals surface area contributed by atoms with E-state index in [9.17, 15) is 9.59 Å². The van der Waals surface area contributed by atoms with E-state index in [-0.39, 0.29) is 30.6 Å². The largest absolute Gasteiger partial charge is 0.349 e. The maximum atomic E-state index is 12.3. The second-order valence-corrected chi connectivity index (χ2v) is 7.67. The van der Waals surface area contributed by atoms with Gasteiger partial charge in [-0.25, -0.2) is 4.79 Å². The lowest BCUT2D eigenvalue weighted by Crippen LogP contribution is -2.51. The number of carbonyl (C=O) groups is 2. The summed E-state index contributed by atoms with van der Waals surface area (Å²) in [7, 11) is 0. The molecule has 0 radical (unpaired) electrons. The second-order valence-electron chi connectivity index (χ2n) is 7.67. The van der Waals surface area contributed by atoms with Crippen LogP contribution in [-0.2, 0) is 11.3 Å². The van der Waals surface area contributed by atoms with Gasteiger partial charge >= 0.3 is 6.03 Å². The minimum Gasteiger partial charge on any atom is -0.349 e. The molecule has 1 saturated carbocycles. The molecule has 0 spiro atoms. The number of rotatable bonds is 3. The molecule has 2 aliphatic rings. The van der Waals surface area contributed by atoms with E-state index >= 15 is 0 Å². The highest BCUT2D eigenvalue weighted by atomic mass is 16.2. The Kier molecular flexibility index (Phi) is 5.47. The molecule has 0 bridgehead atoms. The number of nitrogens with zero attached hydrogens (tertiary/aromatic N) is 2. The molecule has 1 aromatic rings. The van der Waals surface area contributed by atoms with E-state index in [1.807, 2.05) is 6.07 Å². The van der Waals surface area contributed by atoms with Gasteiger partial charge in [0.05, 0.1) is 6.54 Å². The van der Waals surface area contributed by atoms with E-state index in [2.05, 4.69) is 53.1 Å². The first-order chi connectivity index (χ1) is 12.0. The van der Waals surface area contributed by atoms with Gasteiger partial charge in [-0.2, -0.15) is 0 Å². The number of fused-ring (bicyclic) bond motifs is 1. The fourth-order valence-electron chi connectivity index (χ4n) is 4.18. The molecule has 1 aliphatic heterocycles. The number of hydrogen-bond donors (Lipinski definition) is 2. The molecule has 6 nitrogen and oxygen atoms in total. The number of nitrogens with one attached hydrogen (secondary N) is 2. The maximum Gasteiger partial charge on any atom is 0.321 e. The van der Waals surface area contributed by atoms with Gasteiger partial charge < -0.3 is 9.88 Å². The molecule has 4 atom stereocenters. The quantitative estimate of drug-likeness (QED) is 0.884. The first-order valence-electron chi connectivity index (χ1n) is 9.45. The molecule has 3 rings (SSSR count). The molecule has 3 amide bonds. The van der Waals surface area contributed by atoms with Crippen LogP contribution in [0.15, 0.2) is 18.3 Å². The SMILES string of the molecule is CC1CCCC(NC(=O)NC(=O)CN2CCn3cccc3C2C)C1C. The predicted octanol–water partition coefficient (Wildman–Crippen LogP) is 2.52. The van der Waals surface area contributed by atoms with Crippen LogP contribution >= 0.6 is 0 Å². The summed E-state index contributed by atoms with van der Waals surface area (Å²) in [6.45, 7) is 8.45. The average molecular weight is 346 g/mol. The summed E-state index contributed by atoms with van der Waals surface area (Å²) in [5.41, 5.74) is 1.22. The minimum absolute atomic E-state index is 0.161. The molecule has 2 N–H and O–H groups in total. The van der Waals surface area contributed by atoms with Crippen molar-refractivity contribution in [1.82, 2.24) is 20.1 Å². The van der Waals surface area contributed by atoms with Crippen molar-refractivity contribution in [3.63, 3.8) is 0 Å². The summed E-state index contributed by atoms with van der Waals surface area (Å²) in [4.78, 5) is 26.6. The van der Waals surface area contributed by atoms with E-state index in [0.29, 0.717) is 11.8 Å². The van der Waals surface area contributed by atoms with Crippen molar-refractivity contribution in [2.24, 2.45) is 11.8 Å². The highest BCUT2D eigenvalue weighted by Crippen LogP contribution is 2.29. The molecule has 2 heterocycles. The van der Waals surface area contributed by atoms with Gasteiger partial charge in [0.2, 0.25) is 5.91 Å². The van der Waals surface area contributed by atoms with Crippen molar-refractivity contribution in [2.75, 3.05) is 13.1 Å². The van der Waals surface area contributed by atoms with Gasteiger partial charge in [0.1, 0.15) is 0 Å². The molecule has 138 valence electrons. The Morgan fingerprint density at radius 2 is 2.00 bits per heavy atom. The Balaban J connectivity index is 1.48. The smallest absolute Gasteiger partial charge is 0.321 e. The van der Waals surface area contributed by atoms with Crippen molar-refractivity contribution in [3.05, 3.63) is 24.0 Å². The fourth-order valence-corrected chi connectivity index (χ4v) is 4.18. The molecule has 0 aromatic carbocycles. The number of aromatic nitrogens is 1. The van der Waals surface area contributed by atoms with Gasteiger partial charge in [-0.05, 0) is 37.3 Å². The van der Waals surface area contributed by atoms with Crippen LogP contribution in [0.4, 0.5) is 4.79 Å². The van der Waals surface area contributed by atoms with Gasteiger partial charge in [-0.1, -0.05) is 26.7 Å². The third-order valence-electron chi connectivity index (χ3n) is 6.09. The molecular weight excluding hydrogens is 316 g/mol. The van der Waals surface area contributed by atoms with Crippen LogP contribution in [0.1, 0.15) is 51.8 Å². The lowest BCUT2D eigenvalue weighted by atomic mass is 9.78. The fraction of sp³-hybridized carbons (Fsp3) is 0.684. The van der Waals surface area contributed by atoms with Crippen LogP contribution in [0, 0.1) is 11.8 Å². The summed E-state index contributed by atoms with van der Waals surface area (Å²) in [5, 5.41) is 5.51. The average Bonchev–Trinajstić information content (AvgIpc) is 3.04. The van der Waals surface area contributed by atoms with Crippen LogP contribution in [-0.4, -0.2) is 40.5 Å². The molecule has 1 aliphatic carbocycles. The van der Waals surface area contributed by atoms with Crippen LogP contribution in [0.5, 0.6) is 0 Å². The highest BCUT2D eigenvalue weighted by Gasteiger charge is 2.29. The summed E-state index contributed by atoms with van der Waals surface area (Å²) >= 11 is 0. The van der Waals surface area contributed by atoms with Crippen molar-refractivity contribution in [1.29, 1.82) is 0 Å². The number of hydrogen-bond acceptors (Lipinski definition) is 3. The Labute approximate surface area is 149 Å². The van der Waals surface area contributed by atoms with Crippen LogP contribution < -0.4 is 10.6 Å². The molecule has 6 heteroatoms. The molecular formula is C19H30N4O2. The molecule has 0 saturated heterocycles. The van der Waals surface area contributed by atoms with Crippen LogP contribution in [0.25, 0.3) is 0 Å². The molecule has 1 fully saturated rings. The summed E-state index contributed by atoms with van der Waals surface area (Å²) in [5.74, 6) is 0.825. The van der Waals surface area contributed by atoms with Crippen molar-refractivity contribution in [3.8, 4) is 0 Å². The first-order valence-corrected chi connectivity index (χ1v) is 9.45. The molecule has 4 unspecified atom stereocenters. The number of imide groups is 1. The minimum atomic E-state index is -0.357. The lowest BCUT2D eigenvalue weighted by Gasteiger charge is -2.35. The number of carbonyl (C=O) groups excluding carboxylic acids is 2. The summed E-state index contributed by atoms with van der Waals surface area (Å²) in [6.07, 6.45) is 5.42. The molecule has 25 heavy (non-hydrogen) atoms. The zero-order valence-corrected chi connectivity index (χ0v) is 15.5. The highest BCUT2D eigenvalue weighted by molar-refractivity contribution is 5.95. The van der Waals surface area contributed by atoms with Gasteiger partial charge in [0.25, 0.3) is 0 Å². The van der Waals surface area contributed by atoms with Crippen LogP contribution in [0.3, 0.4) is 0 Å². The standard InChI is InChI=1S/C19H30N4O2/c1-13-6-4-7-16(14(13)2)20-19(25)21-18(24)12-23-11-10-22-9-5-8-17(22)15(23)3/h5,8-9,13-16H,4,6-7,10-12H2,1-3H3,(H2,20,21,24,25). The third-order valence-corrected chi connectivity index (χ3v) is 6.09. The zero-order chi connectivity index (χ0) is 18.0. The normalized spacial score (nSPS) is 29.7. The van der Waals surface area contributed by atoms with Gasteiger partial charge in [-0.15, -0.1) is 0 Å². The van der Waals surface area contributed by atoms with Gasteiger partial charge in [0, 0.05) is 37.1 Å². The second kappa shape index (κ2) is 7.60. The zero-order valence-electron chi connectivity index (χ0n) is 15.5. The van der Waals surface area contributed by atoms with E-state index in [1.165, 1.54) is 12.1 Å². The Hall–Kier alpha value is -1.82. The predicted molar refractivity (Wildman–Crippen MR) is 97.1 cm³/mol. The Bertz CT molecular complexity index is 627. The van der Waals surface area contributed by atoms with E-state index < -0.39 is 0 Å². The van der Waals surface area contributed by atoms with E-state index in [1.54, 1.807) is 0 Å². The first kappa shape index (κ1) is 18.0. The van der Waals surface area contributed by atoms with Crippen LogP contribution in [0.2, 0.25) is 0 Å². The monoisotopic (exact) mass is 346 g/mol. The summed E-state index contributed by atoms with van der Waals surface area (Å²) in [6, 6.07) is 4.11. The third kappa shape index (κ3) is 4.06. The van der Waals surface area contributed by atoms with Crippen molar-refractivity contribution >= 4 is 11.9 Å². The van der Waals surface area contributed by atoms with E-state index in [4.69, 9.17) is 0 Å². The number of urea groups is 1. The van der Waals surface area contributed by atoms with Gasteiger partial charge in [-0.3, -0.25) is 15.0 Å². The van der Waals surface area contributed by atoms with Gasteiger partial charge in [0.15, 0.2) is 0 Å². The Morgan fingerprint density at radius 3 is 2.80 bits per heavy atom. The van der Waals surface area contributed by atoms with Crippen molar-refractivity contribution < 1.29 is 9.59 Å².